The van der Waals surface area contributed by atoms with Crippen LogP contribution in [0.4, 0.5) is 5.13 Å². The van der Waals surface area contributed by atoms with Crippen molar-refractivity contribution in [3.05, 3.63) is 23.9 Å². The Hall–Kier alpha value is -1.07. The number of aromatic nitrogens is 1. The number of thiazole rings is 1. The first kappa shape index (κ1) is 7.57. The van der Waals surface area contributed by atoms with E-state index in [1.807, 2.05) is 16.6 Å². The van der Waals surface area contributed by atoms with Gasteiger partial charge in [0.2, 0.25) is 5.13 Å². The Kier molecular flexibility index (Phi) is 2.24. The van der Waals surface area contributed by atoms with E-state index in [0.29, 0.717) is 0 Å². The molecule has 1 aliphatic rings. The van der Waals surface area contributed by atoms with Gasteiger partial charge in [0.1, 0.15) is 0 Å². The van der Waals surface area contributed by atoms with Gasteiger partial charge in [-0.25, -0.2) is 4.98 Å². The third-order valence-electron chi connectivity index (χ3n) is 1.50. The number of hydrogen-bond donors (Lipinski definition) is 2. The number of rotatable bonds is 2. The van der Waals surface area contributed by atoms with E-state index < -0.39 is 0 Å². The largest absolute Gasteiger partial charge is 0.295 e. The molecule has 0 radical (unpaired) electrons. The molecule has 12 heavy (non-hydrogen) atoms. The molecular formula is C7H10N4S. The van der Waals surface area contributed by atoms with Crippen molar-refractivity contribution in [2.45, 2.75) is 0 Å². The SMILES string of the molecule is C1=CN(Nc2nccs2)CNC1. The Morgan fingerprint density at radius 3 is 3.33 bits per heavy atom. The molecule has 0 unspecified atom stereocenters. The molecule has 4 nitrogen and oxygen atoms in total. The lowest BCUT2D eigenvalue weighted by atomic mass is 10.5. The average molecular weight is 182 g/mol. The monoisotopic (exact) mass is 182 g/mol. The van der Waals surface area contributed by atoms with Crippen molar-refractivity contribution in [2.75, 3.05) is 18.6 Å². The normalized spacial score (nSPS) is 16.5. The molecule has 0 amide bonds. The summed E-state index contributed by atoms with van der Waals surface area (Å²) in [4.78, 5) is 4.11. The van der Waals surface area contributed by atoms with E-state index >= 15 is 0 Å². The van der Waals surface area contributed by atoms with Crippen molar-refractivity contribution in [1.29, 1.82) is 0 Å². The quantitative estimate of drug-likeness (QED) is 0.711. The van der Waals surface area contributed by atoms with Crippen LogP contribution in [0, 0.1) is 0 Å². The molecule has 1 aromatic heterocycles. The molecule has 2 rings (SSSR count). The van der Waals surface area contributed by atoms with E-state index in [-0.39, 0.29) is 0 Å². The Labute approximate surface area is 74.9 Å². The van der Waals surface area contributed by atoms with Crippen molar-refractivity contribution < 1.29 is 0 Å². The highest BCUT2D eigenvalue weighted by Crippen LogP contribution is 2.11. The van der Waals surface area contributed by atoms with E-state index in [2.05, 4.69) is 21.8 Å². The third kappa shape index (κ3) is 1.75. The van der Waals surface area contributed by atoms with E-state index in [1.165, 1.54) is 0 Å². The van der Waals surface area contributed by atoms with Crippen molar-refractivity contribution in [3.63, 3.8) is 0 Å². The molecule has 0 fully saturated rings. The van der Waals surface area contributed by atoms with Crippen LogP contribution in [0.15, 0.2) is 23.9 Å². The highest BCUT2D eigenvalue weighted by molar-refractivity contribution is 7.13. The molecule has 0 saturated carbocycles. The fraction of sp³-hybridized carbons (Fsp3) is 0.286. The molecule has 2 heterocycles. The minimum Gasteiger partial charge on any atom is -0.295 e. The minimum absolute atomic E-state index is 0.816. The molecule has 0 aromatic carbocycles. The van der Waals surface area contributed by atoms with Crippen molar-refractivity contribution >= 4 is 16.5 Å². The van der Waals surface area contributed by atoms with Crippen LogP contribution >= 0.6 is 11.3 Å². The standard InChI is InChI=1S/C7H10N4S/c1-2-8-6-11(4-1)10-7-9-3-5-12-7/h1,3-5,8H,2,6H2,(H,9,10). The highest BCUT2D eigenvalue weighted by Gasteiger charge is 2.02. The van der Waals surface area contributed by atoms with Crippen LogP contribution in [0.2, 0.25) is 0 Å². The molecular weight excluding hydrogens is 172 g/mol. The second-order valence-corrected chi connectivity index (χ2v) is 3.31. The van der Waals surface area contributed by atoms with Crippen LogP contribution < -0.4 is 10.7 Å². The zero-order chi connectivity index (χ0) is 8.23. The Balaban J connectivity index is 1.94. The van der Waals surface area contributed by atoms with Gasteiger partial charge in [0.05, 0.1) is 6.67 Å². The number of hydrazine groups is 1. The minimum atomic E-state index is 0.816. The number of anilines is 1. The summed E-state index contributed by atoms with van der Waals surface area (Å²) in [6.45, 7) is 1.76. The topological polar surface area (TPSA) is 40.2 Å². The lowest BCUT2D eigenvalue weighted by Crippen LogP contribution is -2.37. The first-order valence-electron chi connectivity index (χ1n) is 3.75. The zero-order valence-electron chi connectivity index (χ0n) is 6.53. The van der Waals surface area contributed by atoms with Crippen LogP contribution in [-0.4, -0.2) is 23.2 Å². The maximum atomic E-state index is 4.11. The van der Waals surface area contributed by atoms with Gasteiger partial charge < -0.3 is 0 Å². The number of nitrogens with zero attached hydrogens (tertiary/aromatic N) is 2. The fourth-order valence-electron chi connectivity index (χ4n) is 0.979. The molecule has 64 valence electrons. The molecule has 0 atom stereocenters. The molecule has 0 saturated heterocycles. The van der Waals surface area contributed by atoms with Crippen molar-refractivity contribution in [2.24, 2.45) is 0 Å². The summed E-state index contributed by atoms with van der Waals surface area (Å²) in [5.74, 6) is 0. The summed E-state index contributed by atoms with van der Waals surface area (Å²) >= 11 is 1.59. The second-order valence-electron chi connectivity index (χ2n) is 2.42. The van der Waals surface area contributed by atoms with Crippen LogP contribution in [0.5, 0.6) is 0 Å². The van der Waals surface area contributed by atoms with E-state index in [9.17, 15) is 0 Å². The molecule has 5 heteroatoms. The van der Waals surface area contributed by atoms with E-state index in [0.717, 1.165) is 18.3 Å². The molecule has 2 N–H and O–H groups in total. The van der Waals surface area contributed by atoms with Crippen LogP contribution in [-0.2, 0) is 0 Å². The van der Waals surface area contributed by atoms with Gasteiger partial charge in [-0.2, -0.15) is 0 Å². The summed E-state index contributed by atoms with van der Waals surface area (Å²) < 4.78 is 0. The fourth-order valence-corrected chi connectivity index (χ4v) is 1.52. The van der Waals surface area contributed by atoms with Crippen LogP contribution in [0.3, 0.4) is 0 Å². The molecule has 0 spiro atoms. The van der Waals surface area contributed by atoms with Gasteiger partial charge in [-0.1, -0.05) is 6.08 Å². The summed E-state index contributed by atoms with van der Waals surface area (Å²) in [6, 6.07) is 0. The Morgan fingerprint density at radius 1 is 1.67 bits per heavy atom. The van der Waals surface area contributed by atoms with Gasteiger partial charge >= 0.3 is 0 Å². The lowest BCUT2D eigenvalue weighted by molar-refractivity contribution is 0.393. The van der Waals surface area contributed by atoms with E-state index in [4.69, 9.17) is 0 Å². The van der Waals surface area contributed by atoms with Gasteiger partial charge in [-0.15, -0.1) is 11.3 Å². The molecule has 1 aliphatic heterocycles. The smallest absolute Gasteiger partial charge is 0.201 e. The summed E-state index contributed by atoms with van der Waals surface area (Å²) in [7, 11) is 0. The Bertz CT molecular complexity index is 256. The highest BCUT2D eigenvalue weighted by atomic mass is 32.1. The van der Waals surface area contributed by atoms with Crippen molar-refractivity contribution in [1.82, 2.24) is 15.3 Å². The maximum absolute atomic E-state index is 4.11. The van der Waals surface area contributed by atoms with Crippen molar-refractivity contribution in [3.8, 4) is 0 Å². The second kappa shape index (κ2) is 3.55. The summed E-state index contributed by atoms with van der Waals surface area (Å²) in [5.41, 5.74) is 3.15. The number of hydrogen-bond acceptors (Lipinski definition) is 5. The third-order valence-corrected chi connectivity index (χ3v) is 2.18. The maximum Gasteiger partial charge on any atom is 0.201 e. The Morgan fingerprint density at radius 2 is 2.67 bits per heavy atom. The van der Waals surface area contributed by atoms with Crippen LogP contribution in [0.1, 0.15) is 0 Å². The predicted molar refractivity (Wildman–Crippen MR) is 49.6 cm³/mol. The summed E-state index contributed by atoms with van der Waals surface area (Å²) in [5, 5.41) is 8.03. The van der Waals surface area contributed by atoms with Gasteiger partial charge in [-0.05, 0) is 0 Å². The summed E-state index contributed by atoms with van der Waals surface area (Å²) in [6.07, 6.45) is 5.86. The molecule has 0 aliphatic carbocycles. The predicted octanol–water partition coefficient (Wildman–Crippen LogP) is 0.846. The van der Waals surface area contributed by atoms with Crippen LogP contribution in [0.25, 0.3) is 0 Å². The first-order valence-corrected chi connectivity index (χ1v) is 4.63. The van der Waals surface area contributed by atoms with Gasteiger partial charge in [0.15, 0.2) is 0 Å². The zero-order valence-corrected chi connectivity index (χ0v) is 7.34. The average Bonchev–Trinajstić information content (AvgIpc) is 2.59. The van der Waals surface area contributed by atoms with E-state index in [1.54, 1.807) is 17.5 Å². The first-order chi connectivity index (χ1) is 5.95. The number of nitrogens with one attached hydrogen (secondary N) is 2. The molecule has 0 bridgehead atoms. The molecule has 1 aromatic rings. The van der Waals surface area contributed by atoms with Gasteiger partial charge in [-0.3, -0.25) is 15.8 Å². The van der Waals surface area contributed by atoms with Gasteiger partial charge in [0, 0.05) is 24.3 Å². The lowest BCUT2D eigenvalue weighted by Gasteiger charge is -2.23. The van der Waals surface area contributed by atoms with Gasteiger partial charge in [0.25, 0.3) is 0 Å².